The van der Waals surface area contributed by atoms with E-state index in [4.69, 9.17) is 9.44 Å². The average Bonchev–Trinajstić information content (AvgIpc) is 2.75. The zero-order valence-electron chi connectivity index (χ0n) is 17.4. The molecule has 0 aliphatic carbocycles. The lowest BCUT2D eigenvalue weighted by molar-refractivity contribution is -0.140. The Morgan fingerprint density at radius 2 is 1.97 bits per heavy atom. The van der Waals surface area contributed by atoms with Gasteiger partial charge in [-0.25, -0.2) is 13.4 Å². The summed E-state index contributed by atoms with van der Waals surface area (Å²) in [5.41, 5.74) is 1.21. The number of anilines is 2. The van der Waals surface area contributed by atoms with Gasteiger partial charge in [0.05, 0.1) is 36.7 Å². The van der Waals surface area contributed by atoms with E-state index in [1.165, 1.54) is 31.1 Å². The van der Waals surface area contributed by atoms with E-state index in [2.05, 4.69) is 10.1 Å². The van der Waals surface area contributed by atoms with Crippen LogP contribution in [0.5, 0.6) is 0 Å². The number of amides is 2. The second-order valence-electron chi connectivity index (χ2n) is 6.70. The minimum Gasteiger partial charge on any atom is -0.750 e. The van der Waals surface area contributed by atoms with Crippen molar-refractivity contribution in [3.05, 3.63) is 59.4 Å². The van der Waals surface area contributed by atoms with Crippen LogP contribution < -0.4 is 10.2 Å². The Morgan fingerprint density at radius 3 is 2.53 bits per heavy atom. The maximum Gasteiger partial charge on any atom is 0.326 e. The number of carbonyl (C=O) groups is 2. The highest BCUT2D eigenvalue weighted by atomic mass is 32.2. The van der Waals surface area contributed by atoms with Crippen LogP contribution in [0.1, 0.15) is 24.5 Å². The van der Waals surface area contributed by atoms with Crippen molar-refractivity contribution in [2.24, 2.45) is 0 Å². The first kappa shape index (κ1) is 24.9. The van der Waals surface area contributed by atoms with E-state index in [-0.39, 0.29) is 30.2 Å². The number of esters is 1. The number of nitrogens with one attached hydrogen (secondary N) is 1. The van der Waals surface area contributed by atoms with Gasteiger partial charge in [-0.05, 0) is 49.2 Å². The van der Waals surface area contributed by atoms with Gasteiger partial charge in [0.25, 0.3) is 0 Å². The van der Waals surface area contributed by atoms with Crippen LogP contribution in [0.2, 0.25) is 0 Å². The third-order valence-corrected chi connectivity index (χ3v) is 4.85. The summed E-state index contributed by atoms with van der Waals surface area (Å²) in [5, 5.41) is 11.3. The van der Waals surface area contributed by atoms with Crippen LogP contribution in [-0.2, 0) is 31.5 Å². The van der Waals surface area contributed by atoms with Crippen molar-refractivity contribution in [3.8, 4) is 6.07 Å². The summed E-state index contributed by atoms with van der Waals surface area (Å²) in [6.45, 7) is 1.35. The Kier molecular flexibility index (Phi) is 9.27. The molecule has 32 heavy (non-hydrogen) atoms. The molecule has 2 aromatic carbocycles. The number of benzene rings is 2. The number of methoxy groups -OCH3 is 1. The lowest BCUT2D eigenvalue weighted by Crippen LogP contribution is -2.40. The number of hydrogen-bond donors (Lipinski definition) is 1. The van der Waals surface area contributed by atoms with E-state index >= 15 is 0 Å². The SMILES string of the molecule is COC(=O)CCc1ccc(N(CC(C)OS(=O)[O-])C(=O)Nc2ccc(C#N)c(F)c2)cc1. The molecule has 9 nitrogen and oxygen atoms in total. The number of nitrogens with zero attached hydrogens (tertiary/aromatic N) is 2. The molecule has 2 aromatic rings. The number of urea groups is 1. The van der Waals surface area contributed by atoms with Gasteiger partial charge in [0.1, 0.15) is 11.9 Å². The summed E-state index contributed by atoms with van der Waals surface area (Å²) in [5.74, 6) is -1.13. The molecule has 0 saturated carbocycles. The van der Waals surface area contributed by atoms with Crippen molar-refractivity contribution in [1.82, 2.24) is 0 Å². The van der Waals surface area contributed by atoms with E-state index in [1.807, 2.05) is 0 Å². The van der Waals surface area contributed by atoms with Crippen molar-refractivity contribution < 1.29 is 31.7 Å². The maximum absolute atomic E-state index is 13.9. The zero-order chi connectivity index (χ0) is 23.7. The Balaban J connectivity index is 2.22. The van der Waals surface area contributed by atoms with E-state index < -0.39 is 29.3 Å². The van der Waals surface area contributed by atoms with Crippen LogP contribution >= 0.6 is 0 Å². The maximum atomic E-state index is 13.9. The highest BCUT2D eigenvalue weighted by Crippen LogP contribution is 2.20. The molecule has 0 aromatic heterocycles. The molecule has 0 spiro atoms. The minimum atomic E-state index is -2.77. The van der Waals surface area contributed by atoms with Crippen molar-refractivity contribution in [2.75, 3.05) is 23.9 Å². The summed E-state index contributed by atoms with van der Waals surface area (Å²) in [4.78, 5) is 25.4. The van der Waals surface area contributed by atoms with Crippen LogP contribution in [0.25, 0.3) is 0 Å². The van der Waals surface area contributed by atoms with Crippen LogP contribution in [0.4, 0.5) is 20.6 Å². The minimum absolute atomic E-state index is 0.118. The van der Waals surface area contributed by atoms with E-state index in [0.717, 1.165) is 11.6 Å². The van der Waals surface area contributed by atoms with Gasteiger partial charge in [0.2, 0.25) is 0 Å². The van der Waals surface area contributed by atoms with E-state index in [1.54, 1.807) is 30.3 Å². The van der Waals surface area contributed by atoms with Crippen molar-refractivity contribution in [2.45, 2.75) is 25.9 Å². The molecule has 2 atom stereocenters. The molecule has 2 unspecified atom stereocenters. The highest BCUT2D eigenvalue weighted by Gasteiger charge is 2.20. The van der Waals surface area contributed by atoms with Crippen LogP contribution in [0, 0.1) is 17.1 Å². The molecule has 2 amide bonds. The summed E-state index contributed by atoms with van der Waals surface area (Å²) in [7, 11) is 1.31. The fraction of sp³-hybridized carbons (Fsp3) is 0.286. The summed E-state index contributed by atoms with van der Waals surface area (Å²) >= 11 is -2.77. The van der Waals surface area contributed by atoms with Crippen molar-refractivity contribution >= 4 is 34.7 Å². The van der Waals surface area contributed by atoms with Crippen LogP contribution in [0.15, 0.2) is 42.5 Å². The first-order chi connectivity index (χ1) is 15.2. The summed E-state index contributed by atoms with van der Waals surface area (Å²) < 4.78 is 44.9. The summed E-state index contributed by atoms with van der Waals surface area (Å²) in [6.07, 6.45) is -0.223. The number of rotatable bonds is 9. The molecule has 2 rings (SSSR count). The van der Waals surface area contributed by atoms with Gasteiger partial charge in [-0.15, -0.1) is 0 Å². The fourth-order valence-electron chi connectivity index (χ4n) is 2.79. The topological polar surface area (TPSA) is 132 Å². The second-order valence-corrected chi connectivity index (χ2v) is 7.30. The smallest absolute Gasteiger partial charge is 0.326 e. The highest BCUT2D eigenvalue weighted by molar-refractivity contribution is 7.74. The lowest BCUT2D eigenvalue weighted by Gasteiger charge is -2.27. The fourth-order valence-corrected chi connectivity index (χ4v) is 3.12. The molecule has 11 heteroatoms. The second kappa shape index (κ2) is 11.9. The molecular weight excluding hydrogens is 441 g/mol. The van der Waals surface area contributed by atoms with Gasteiger partial charge in [0, 0.05) is 17.8 Å². The molecule has 0 heterocycles. The molecular formula is C21H21FN3O6S-. The Hall–Kier alpha value is -3.33. The molecule has 1 N–H and O–H groups in total. The normalized spacial score (nSPS) is 12.3. The van der Waals surface area contributed by atoms with Gasteiger partial charge >= 0.3 is 12.0 Å². The van der Waals surface area contributed by atoms with Gasteiger partial charge in [-0.1, -0.05) is 12.1 Å². The first-order valence-electron chi connectivity index (χ1n) is 9.43. The number of carbonyl (C=O) groups excluding carboxylic acids is 2. The first-order valence-corrected chi connectivity index (χ1v) is 10.4. The Labute approximate surface area is 187 Å². The number of halogens is 1. The number of nitriles is 1. The Morgan fingerprint density at radius 1 is 1.28 bits per heavy atom. The predicted octanol–water partition coefficient (Wildman–Crippen LogP) is 3.04. The van der Waals surface area contributed by atoms with Gasteiger partial charge in [0.15, 0.2) is 0 Å². The lowest BCUT2D eigenvalue weighted by atomic mass is 10.1. The summed E-state index contributed by atoms with van der Waals surface area (Å²) in [6, 6.07) is 11.4. The molecule has 0 aliphatic rings. The zero-order valence-corrected chi connectivity index (χ0v) is 18.2. The van der Waals surface area contributed by atoms with Gasteiger partial charge in [-0.2, -0.15) is 5.26 Å². The molecule has 0 bridgehead atoms. The Bertz CT molecular complexity index is 1030. The molecule has 0 radical (unpaired) electrons. The van der Waals surface area contributed by atoms with Gasteiger partial charge < -0.3 is 14.6 Å². The predicted molar refractivity (Wildman–Crippen MR) is 114 cm³/mol. The van der Waals surface area contributed by atoms with Crippen LogP contribution in [0.3, 0.4) is 0 Å². The van der Waals surface area contributed by atoms with Crippen LogP contribution in [-0.4, -0.2) is 40.5 Å². The van der Waals surface area contributed by atoms with Gasteiger partial charge in [-0.3, -0.25) is 13.9 Å². The largest absolute Gasteiger partial charge is 0.750 e. The van der Waals surface area contributed by atoms with Crippen molar-refractivity contribution in [1.29, 1.82) is 5.26 Å². The van der Waals surface area contributed by atoms with Crippen molar-refractivity contribution in [3.63, 3.8) is 0 Å². The average molecular weight is 462 g/mol. The third-order valence-electron chi connectivity index (χ3n) is 4.36. The number of aryl methyl sites for hydroxylation is 1. The molecule has 170 valence electrons. The monoisotopic (exact) mass is 462 g/mol. The van der Waals surface area contributed by atoms with E-state index in [0.29, 0.717) is 12.1 Å². The number of ether oxygens (including phenoxy) is 1. The molecule has 0 saturated heterocycles. The quantitative estimate of drug-likeness (QED) is 0.447. The number of hydrogen-bond acceptors (Lipinski definition) is 7. The standard InChI is InChI=1S/C21H22FN3O6S/c1-14(31-32(28)29)13-25(18-8-3-15(4-9-18)5-10-20(26)30-2)21(27)24-17-7-6-16(12-23)19(22)11-17/h3-4,6-9,11,14H,5,10,13H2,1-2H3,(H,24,27)(H,28,29)/p-1. The third kappa shape index (κ3) is 7.42. The molecule has 0 aliphatic heterocycles. The van der Waals surface area contributed by atoms with E-state index in [9.17, 15) is 22.7 Å². The molecule has 0 fully saturated rings.